The maximum Gasteiger partial charge on any atom is 0.317 e. The highest BCUT2D eigenvalue weighted by molar-refractivity contribution is 5.74. The van der Waals surface area contributed by atoms with Crippen molar-refractivity contribution in [2.45, 2.75) is 25.7 Å². The summed E-state index contributed by atoms with van der Waals surface area (Å²) in [5, 5.41) is 11.2. The molecule has 0 aromatic rings. The first-order valence-corrected chi connectivity index (χ1v) is 5.39. The number of amides is 2. The molecule has 0 aliphatic heterocycles. The summed E-state index contributed by atoms with van der Waals surface area (Å²) in [6, 6.07) is -0.222. The summed E-state index contributed by atoms with van der Waals surface area (Å²) in [5.74, 6) is -0.898. The summed E-state index contributed by atoms with van der Waals surface area (Å²) in [6.45, 7) is 4.46. The lowest BCUT2D eigenvalue weighted by Crippen LogP contribution is -2.38. The fourth-order valence-electron chi connectivity index (χ4n) is 1.11. The Labute approximate surface area is 96.1 Å². The van der Waals surface area contributed by atoms with E-state index in [-0.39, 0.29) is 19.0 Å². The highest BCUT2D eigenvalue weighted by Gasteiger charge is 2.08. The van der Waals surface area contributed by atoms with Crippen molar-refractivity contribution in [1.29, 1.82) is 0 Å². The van der Waals surface area contributed by atoms with Crippen LogP contribution in [0.1, 0.15) is 25.7 Å². The molecule has 16 heavy (non-hydrogen) atoms. The third-order valence-corrected chi connectivity index (χ3v) is 2.12. The van der Waals surface area contributed by atoms with Crippen LogP contribution in [0.4, 0.5) is 4.79 Å². The number of hydrogen-bond donors (Lipinski definition) is 2. The van der Waals surface area contributed by atoms with Gasteiger partial charge < -0.3 is 15.3 Å². The Morgan fingerprint density at radius 2 is 2.12 bits per heavy atom. The van der Waals surface area contributed by atoms with E-state index in [1.165, 1.54) is 4.90 Å². The monoisotopic (exact) mass is 228 g/mol. The minimum Gasteiger partial charge on any atom is -0.481 e. The summed E-state index contributed by atoms with van der Waals surface area (Å²) in [4.78, 5) is 23.1. The smallest absolute Gasteiger partial charge is 0.317 e. The van der Waals surface area contributed by atoms with Gasteiger partial charge in [-0.2, -0.15) is 0 Å². The van der Waals surface area contributed by atoms with E-state index in [4.69, 9.17) is 5.11 Å². The van der Waals surface area contributed by atoms with Crippen molar-refractivity contribution >= 4 is 12.0 Å². The molecule has 0 aliphatic carbocycles. The van der Waals surface area contributed by atoms with Crippen LogP contribution in [0.2, 0.25) is 0 Å². The third-order valence-electron chi connectivity index (χ3n) is 2.12. The van der Waals surface area contributed by atoms with Crippen molar-refractivity contribution in [1.82, 2.24) is 10.2 Å². The van der Waals surface area contributed by atoms with Gasteiger partial charge in [0, 0.05) is 20.1 Å². The molecule has 2 amide bonds. The number of carbonyl (C=O) groups excluding carboxylic acids is 1. The number of allylic oxidation sites excluding steroid dienone is 1. The lowest BCUT2D eigenvalue weighted by molar-refractivity contribution is -0.137. The van der Waals surface area contributed by atoms with Crippen LogP contribution in [0, 0.1) is 0 Å². The SMILES string of the molecule is C=CCCCCNC(=O)N(C)CCC(=O)O. The highest BCUT2D eigenvalue weighted by atomic mass is 16.4. The van der Waals surface area contributed by atoms with E-state index in [1.807, 2.05) is 6.08 Å². The molecule has 0 saturated carbocycles. The van der Waals surface area contributed by atoms with Gasteiger partial charge in [-0.1, -0.05) is 6.08 Å². The van der Waals surface area contributed by atoms with Crippen LogP contribution in [0.15, 0.2) is 12.7 Å². The molecule has 2 N–H and O–H groups in total. The Balaban J connectivity index is 3.54. The Hall–Kier alpha value is -1.52. The van der Waals surface area contributed by atoms with E-state index in [0.29, 0.717) is 6.54 Å². The number of carbonyl (C=O) groups is 2. The summed E-state index contributed by atoms with van der Waals surface area (Å²) < 4.78 is 0. The topological polar surface area (TPSA) is 69.6 Å². The zero-order chi connectivity index (χ0) is 12.4. The zero-order valence-electron chi connectivity index (χ0n) is 9.74. The summed E-state index contributed by atoms with van der Waals surface area (Å²) in [5.41, 5.74) is 0. The zero-order valence-corrected chi connectivity index (χ0v) is 9.74. The number of nitrogens with one attached hydrogen (secondary N) is 1. The predicted octanol–water partition coefficient (Wildman–Crippen LogP) is 1.46. The molecular weight excluding hydrogens is 208 g/mol. The van der Waals surface area contributed by atoms with E-state index in [9.17, 15) is 9.59 Å². The number of unbranched alkanes of at least 4 members (excludes halogenated alkanes) is 2. The standard InChI is InChI=1S/C11H20N2O3/c1-3-4-5-6-8-12-11(16)13(2)9-7-10(14)15/h3H,1,4-9H2,2H3,(H,12,16)(H,14,15). The molecule has 0 aromatic heterocycles. The number of aliphatic carboxylic acids is 1. The molecule has 0 unspecified atom stereocenters. The molecule has 0 heterocycles. The molecule has 0 rings (SSSR count). The molecule has 0 spiro atoms. The second-order valence-electron chi connectivity index (χ2n) is 3.58. The van der Waals surface area contributed by atoms with E-state index in [0.717, 1.165) is 19.3 Å². The number of urea groups is 1. The van der Waals surface area contributed by atoms with E-state index in [1.54, 1.807) is 7.05 Å². The Kier molecular flexibility index (Phi) is 7.93. The molecule has 5 nitrogen and oxygen atoms in total. The second kappa shape index (κ2) is 8.76. The Bertz CT molecular complexity index is 241. The molecule has 0 radical (unpaired) electrons. The van der Waals surface area contributed by atoms with Crippen LogP contribution in [-0.4, -0.2) is 42.1 Å². The Morgan fingerprint density at radius 1 is 1.44 bits per heavy atom. The van der Waals surface area contributed by atoms with Gasteiger partial charge in [0.2, 0.25) is 0 Å². The third kappa shape index (κ3) is 7.84. The molecule has 0 aliphatic rings. The van der Waals surface area contributed by atoms with Crippen LogP contribution < -0.4 is 5.32 Å². The highest BCUT2D eigenvalue weighted by Crippen LogP contribution is 1.94. The first kappa shape index (κ1) is 14.5. The molecule has 0 atom stereocenters. The minimum atomic E-state index is -0.898. The van der Waals surface area contributed by atoms with Crippen molar-refractivity contribution in [3.05, 3.63) is 12.7 Å². The number of carboxylic acids is 1. The molecule has 0 aromatic carbocycles. The summed E-state index contributed by atoms with van der Waals surface area (Å²) >= 11 is 0. The van der Waals surface area contributed by atoms with E-state index >= 15 is 0 Å². The molecule has 5 heteroatoms. The van der Waals surface area contributed by atoms with Gasteiger partial charge in [0.05, 0.1) is 6.42 Å². The molecule has 0 saturated heterocycles. The average Bonchev–Trinajstić information content (AvgIpc) is 2.25. The fraction of sp³-hybridized carbons (Fsp3) is 0.636. The van der Waals surface area contributed by atoms with Gasteiger partial charge in [0.1, 0.15) is 0 Å². The molecular formula is C11H20N2O3. The maximum absolute atomic E-state index is 11.4. The van der Waals surface area contributed by atoms with Gasteiger partial charge in [0.15, 0.2) is 0 Å². The van der Waals surface area contributed by atoms with Gasteiger partial charge in [0.25, 0.3) is 0 Å². The van der Waals surface area contributed by atoms with Crippen LogP contribution in [0.25, 0.3) is 0 Å². The van der Waals surface area contributed by atoms with Crippen molar-refractivity contribution in [2.75, 3.05) is 20.1 Å². The van der Waals surface area contributed by atoms with Crippen LogP contribution in [0.5, 0.6) is 0 Å². The summed E-state index contributed by atoms with van der Waals surface area (Å²) in [7, 11) is 1.59. The molecule has 92 valence electrons. The largest absolute Gasteiger partial charge is 0.481 e. The van der Waals surface area contributed by atoms with Crippen LogP contribution in [-0.2, 0) is 4.79 Å². The van der Waals surface area contributed by atoms with Crippen molar-refractivity contribution in [3.8, 4) is 0 Å². The number of nitrogens with zero attached hydrogens (tertiary/aromatic N) is 1. The van der Waals surface area contributed by atoms with Crippen molar-refractivity contribution in [3.63, 3.8) is 0 Å². The molecule has 0 bridgehead atoms. The average molecular weight is 228 g/mol. The number of rotatable bonds is 8. The van der Waals surface area contributed by atoms with Gasteiger partial charge in [-0.3, -0.25) is 4.79 Å². The predicted molar refractivity (Wildman–Crippen MR) is 62.3 cm³/mol. The normalized spacial score (nSPS) is 9.56. The second-order valence-corrected chi connectivity index (χ2v) is 3.58. The van der Waals surface area contributed by atoms with E-state index < -0.39 is 5.97 Å². The van der Waals surface area contributed by atoms with Crippen LogP contribution in [0.3, 0.4) is 0 Å². The minimum absolute atomic E-state index is 0.0274. The first-order valence-electron chi connectivity index (χ1n) is 5.39. The van der Waals surface area contributed by atoms with Gasteiger partial charge in [-0.25, -0.2) is 4.79 Å². The van der Waals surface area contributed by atoms with Crippen molar-refractivity contribution < 1.29 is 14.7 Å². The number of hydrogen-bond acceptors (Lipinski definition) is 2. The van der Waals surface area contributed by atoms with Crippen molar-refractivity contribution in [2.24, 2.45) is 0 Å². The maximum atomic E-state index is 11.4. The number of carboxylic acid groups (broad SMARTS) is 1. The van der Waals surface area contributed by atoms with E-state index in [2.05, 4.69) is 11.9 Å². The fourth-order valence-corrected chi connectivity index (χ4v) is 1.11. The van der Waals surface area contributed by atoms with Crippen LogP contribution >= 0.6 is 0 Å². The lowest BCUT2D eigenvalue weighted by atomic mass is 10.2. The molecule has 0 fully saturated rings. The lowest BCUT2D eigenvalue weighted by Gasteiger charge is -2.16. The van der Waals surface area contributed by atoms with Gasteiger partial charge in [-0.05, 0) is 19.3 Å². The van der Waals surface area contributed by atoms with Gasteiger partial charge in [-0.15, -0.1) is 6.58 Å². The van der Waals surface area contributed by atoms with Gasteiger partial charge >= 0.3 is 12.0 Å². The Morgan fingerprint density at radius 3 is 2.69 bits per heavy atom. The quantitative estimate of drug-likeness (QED) is 0.488. The first-order chi connectivity index (χ1) is 7.57. The summed E-state index contributed by atoms with van der Waals surface area (Å²) in [6.07, 6.45) is 4.68.